The van der Waals surface area contributed by atoms with Gasteiger partial charge in [-0.2, -0.15) is 28.2 Å². The second-order valence-corrected chi connectivity index (χ2v) is 14.1. The van der Waals surface area contributed by atoms with Crippen molar-refractivity contribution in [2.24, 2.45) is 11.7 Å². The topological polar surface area (TPSA) is 148 Å². The number of nitrogens with zero attached hydrogens (tertiary/aromatic N) is 4. The van der Waals surface area contributed by atoms with Gasteiger partial charge in [-0.25, -0.2) is 23.4 Å². The molecule has 3 atom stereocenters. The summed E-state index contributed by atoms with van der Waals surface area (Å²) in [4.78, 5) is 34.2. The summed E-state index contributed by atoms with van der Waals surface area (Å²) >= 11 is 1.04. The second-order valence-electron chi connectivity index (χ2n) is 13.2. The summed E-state index contributed by atoms with van der Waals surface area (Å²) in [5, 5.41) is 13.9. The molecule has 0 aliphatic heterocycles. The van der Waals surface area contributed by atoms with Gasteiger partial charge in [-0.05, 0) is 65.7 Å². The predicted octanol–water partition coefficient (Wildman–Crippen LogP) is 6.87. The lowest BCUT2D eigenvalue weighted by Crippen LogP contribution is -2.53. The highest BCUT2D eigenvalue weighted by atomic mass is 32.1. The van der Waals surface area contributed by atoms with E-state index in [1.165, 1.54) is 17.9 Å². The molecule has 0 saturated carbocycles. The molecule has 0 bridgehead atoms. The maximum absolute atomic E-state index is 15.7. The summed E-state index contributed by atoms with van der Waals surface area (Å²) in [5.74, 6) is -6.08. The zero-order valence-corrected chi connectivity index (χ0v) is 30.6. The summed E-state index contributed by atoms with van der Waals surface area (Å²) in [6, 6.07) is 13.5. The smallest absolute Gasteiger partial charge is 0.442 e. The number of aromatic amines is 1. The third kappa shape index (κ3) is 8.64. The molecule has 3 aromatic carbocycles. The van der Waals surface area contributed by atoms with E-state index in [0.29, 0.717) is 45.6 Å². The zero-order chi connectivity index (χ0) is 39.5. The first-order valence-corrected chi connectivity index (χ1v) is 17.5. The Kier molecular flexibility index (Phi) is 11.6. The Balaban J connectivity index is 1.53. The molecule has 0 saturated heterocycles. The van der Waals surface area contributed by atoms with Gasteiger partial charge in [0.2, 0.25) is 0 Å². The highest BCUT2D eigenvalue weighted by Gasteiger charge is 2.53. The Hall–Kier alpha value is -5.53. The van der Waals surface area contributed by atoms with Crippen LogP contribution in [0.15, 0.2) is 66.3 Å². The number of rotatable bonds is 12. The molecule has 3 unspecified atom stereocenters. The van der Waals surface area contributed by atoms with Gasteiger partial charge in [0.15, 0.2) is 12.1 Å². The van der Waals surface area contributed by atoms with Crippen molar-refractivity contribution in [3.63, 3.8) is 0 Å². The maximum atomic E-state index is 15.7. The lowest BCUT2D eigenvalue weighted by atomic mass is 9.81. The van der Waals surface area contributed by atoms with Crippen LogP contribution in [0.1, 0.15) is 65.3 Å². The summed E-state index contributed by atoms with van der Waals surface area (Å²) < 4.78 is 83.8. The predicted molar refractivity (Wildman–Crippen MR) is 187 cm³/mol. The van der Waals surface area contributed by atoms with Gasteiger partial charge in [0.25, 0.3) is 5.82 Å². The van der Waals surface area contributed by atoms with Crippen molar-refractivity contribution in [3.8, 4) is 23.1 Å². The first-order valence-electron chi connectivity index (χ1n) is 16.6. The number of H-pyrrole nitrogens is 1. The van der Waals surface area contributed by atoms with Crippen molar-refractivity contribution in [2.75, 3.05) is 0 Å². The van der Waals surface area contributed by atoms with E-state index in [4.69, 9.17) is 20.5 Å². The lowest BCUT2D eigenvalue weighted by Gasteiger charge is -2.36. The molecule has 0 radical (unpaired) electrons. The molecule has 10 nitrogen and oxygen atoms in total. The molecule has 2 aromatic heterocycles. The first-order chi connectivity index (χ1) is 25.4. The number of esters is 2. The first kappa shape index (κ1) is 39.7. The van der Waals surface area contributed by atoms with Gasteiger partial charge in [0.05, 0.1) is 29.7 Å². The standard InChI is InChI=1S/C38H35F5N6O4S/c1-20(2)32(45)35(50)52-33-21(3)12-25(13-22(33)4)14-31-46-19-49(48-31)18-37(53-36(51)38(41,42)43,28-11-10-27(39)15-29(28)40)23(5)34-47-30(17-54-34)26-8-6-24(16-44)7-9-26/h6-13,15,17,19-20,23,32H,14,18,45H2,1-5H3/p+1. The van der Waals surface area contributed by atoms with Gasteiger partial charge in [0.1, 0.15) is 28.4 Å². The summed E-state index contributed by atoms with van der Waals surface area (Å²) in [5.41, 5.74) is 6.42. The molecule has 5 aromatic rings. The molecule has 0 aliphatic carbocycles. The Bertz CT molecular complexity index is 2190. The molecular weight excluding hydrogens is 732 g/mol. The molecule has 54 heavy (non-hydrogen) atoms. The molecule has 0 spiro atoms. The van der Waals surface area contributed by atoms with E-state index < -0.39 is 59.4 Å². The van der Waals surface area contributed by atoms with Crippen molar-refractivity contribution in [2.45, 2.75) is 71.3 Å². The number of nitriles is 1. The van der Waals surface area contributed by atoms with Gasteiger partial charge < -0.3 is 15.2 Å². The number of nitrogens with two attached hydrogens (primary N) is 1. The molecule has 2 heterocycles. The van der Waals surface area contributed by atoms with E-state index in [1.807, 2.05) is 6.07 Å². The Labute approximate surface area is 311 Å². The maximum Gasteiger partial charge on any atom is 0.490 e. The average Bonchev–Trinajstić information content (AvgIpc) is 3.78. The van der Waals surface area contributed by atoms with Crippen LogP contribution in [-0.4, -0.2) is 39.2 Å². The third-order valence-corrected chi connectivity index (χ3v) is 9.94. The fraction of sp³-hybridized carbons (Fsp3) is 0.316. The fourth-order valence-corrected chi connectivity index (χ4v) is 6.91. The quantitative estimate of drug-likeness (QED) is 0.0605. The number of alkyl halides is 3. The van der Waals surface area contributed by atoms with Crippen molar-refractivity contribution < 1.29 is 45.7 Å². The van der Waals surface area contributed by atoms with Crippen LogP contribution in [0.25, 0.3) is 11.3 Å². The van der Waals surface area contributed by atoms with Gasteiger partial charge >= 0.3 is 24.4 Å². The van der Waals surface area contributed by atoms with Crippen LogP contribution in [0.5, 0.6) is 5.75 Å². The van der Waals surface area contributed by atoms with Gasteiger partial charge in [-0.3, -0.25) is 0 Å². The second kappa shape index (κ2) is 15.8. The minimum absolute atomic E-state index is 0.130. The van der Waals surface area contributed by atoms with E-state index in [2.05, 4.69) is 15.1 Å². The lowest BCUT2D eigenvalue weighted by molar-refractivity contribution is -0.764. The number of ether oxygens (including phenoxy) is 2. The van der Waals surface area contributed by atoms with Gasteiger partial charge in [-0.1, -0.05) is 45.0 Å². The molecule has 0 aliphatic rings. The van der Waals surface area contributed by atoms with Crippen LogP contribution in [-0.2, 0) is 32.9 Å². The molecule has 5 rings (SSSR count). The van der Waals surface area contributed by atoms with E-state index >= 15 is 4.39 Å². The van der Waals surface area contributed by atoms with E-state index in [1.54, 1.807) is 69.5 Å². The minimum Gasteiger partial charge on any atom is -0.442 e. The molecule has 0 fully saturated rings. The number of thiazole rings is 1. The molecule has 16 heteroatoms. The van der Waals surface area contributed by atoms with E-state index in [0.717, 1.165) is 29.0 Å². The highest BCUT2D eigenvalue weighted by Crippen LogP contribution is 2.45. The van der Waals surface area contributed by atoms with Crippen LogP contribution in [0, 0.1) is 42.7 Å². The van der Waals surface area contributed by atoms with Crippen molar-refractivity contribution in [1.29, 1.82) is 5.26 Å². The Morgan fingerprint density at radius 1 is 1.04 bits per heavy atom. The number of hydrogen-bond acceptors (Lipinski definition) is 9. The summed E-state index contributed by atoms with van der Waals surface area (Å²) in [6.45, 7) is 7.94. The highest BCUT2D eigenvalue weighted by molar-refractivity contribution is 7.10. The number of nitrogens with one attached hydrogen (secondary N) is 1. The number of aromatic nitrogens is 4. The number of halogens is 5. The van der Waals surface area contributed by atoms with Crippen molar-refractivity contribution in [3.05, 3.63) is 117 Å². The van der Waals surface area contributed by atoms with Crippen molar-refractivity contribution in [1.82, 2.24) is 15.1 Å². The summed E-state index contributed by atoms with van der Waals surface area (Å²) in [6.07, 6.45) is -4.03. The monoisotopic (exact) mass is 767 g/mol. The number of carbonyl (C=O) groups excluding carboxylic acids is 2. The van der Waals surface area contributed by atoms with E-state index in [-0.39, 0.29) is 17.3 Å². The zero-order valence-electron chi connectivity index (χ0n) is 29.8. The number of aryl methyl sites for hydroxylation is 2. The van der Waals surface area contributed by atoms with Crippen LogP contribution < -0.4 is 15.2 Å². The van der Waals surface area contributed by atoms with Crippen LogP contribution in [0.2, 0.25) is 0 Å². The molecule has 0 amide bonds. The van der Waals surface area contributed by atoms with Gasteiger partial charge in [0, 0.05) is 22.6 Å². The largest absolute Gasteiger partial charge is 0.490 e. The third-order valence-electron chi connectivity index (χ3n) is 8.91. The molecule has 3 N–H and O–H groups in total. The normalized spacial score (nSPS) is 13.9. The van der Waals surface area contributed by atoms with Gasteiger partial charge in [-0.15, -0.1) is 11.3 Å². The van der Waals surface area contributed by atoms with Crippen LogP contribution >= 0.6 is 11.3 Å². The average molecular weight is 768 g/mol. The Morgan fingerprint density at radius 3 is 2.30 bits per heavy atom. The SMILES string of the molecule is Cc1cc(Cc2nc[n+](CC(OC(=O)C(F)(F)F)(c3ccc(F)cc3F)C(C)c3nc(-c4ccc(C#N)cc4)cs3)[nH]2)cc(C)c1OC(=O)C(N)C(C)C. The van der Waals surface area contributed by atoms with Crippen LogP contribution in [0.4, 0.5) is 22.0 Å². The minimum atomic E-state index is -5.47. The molecular formula is C38H36F5N6O4S+. The fourth-order valence-electron chi connectivity index (χ4n) is 5.94. The Morgan fingerprint density at radius 2 is 1.70 bits per heavy atom. The summed E-state index contributed by atoms with van der Waals surface area (Å²) in [7, 11) is 0. The number of benzene rings is 3. The molecule has 282 valence electrons. The van der Waals surface area contributed by atoms with Crippen molar-refractivity contribution >= 4 is 23.3 Å². The number of hydrogen-bond donors (Lipinski definition) is 2. The van der Waals surface area contributed by atoms with E-state index in [9.17, 15) is 27.2 Å². The van der Waals surface area contributed by atoms with Crippen LogP contribution in [0.3, 0.4) is 0 Å². The number of carbonyl (C=O) groups is 2.